The van der Waals surface area contributed by atoms with E-state index in [1.54, 1.807) is 10.7 Å². The number of amides is 1. The van der Waals surface area contributed by atoms with Gasteiger partial charge in [0.2, 0.25) is 0 Å². The highest BCUT2D eigenvalue weighted by molar-refractivity contribution is 5.93. The normalized spacial score (nSPS) is 19.4. The molecule has 0 bridgehead atoms. The van der Waals surface area contributed by atoms with E-state index in [4.69, 9.17) is 4.74 Å². The molecule has 6 heteroatoms. The predicted molar refractivity (Wildman–Crippen MR) is 78.1 cm³/mol. The Morgan fingerprint density at radius 1 is 1.48 bits per heavy atom. The van der Waals surface area contributed by atoms with Gasteiger partial charge < -0.3 is 9.64 Å². The molecule has 3 rings (SSSR count). The van der Waals surface area contributed by atoms with Crippen molar-refractivity contribution in [3.05, 3.63) is 30.2 Å². The summed E-state index contributed by atoms with van der Waals surface area (Å²) in [7, 11) is 0. The van der Waals surface area contributed by atoms with E-state index >= 15 is 0 Å². The average Bonchev–Trinajstić information content (AvgIpc) is 2.95. The first kappa shape index (κ1) is 14.0. The number of aromatic nitrogens is 3. The minimum Gasteiger partial charge on any atom is -0.377 e. The van der Waals surface area contributed by atoms with Crippen molar-refractivity contribution in [2.45, 2.75) is 26.3 Å². The highest BCUT2D eigenvalue weighted by atomic mass is 16.5. The molecule has 21 heavy (non-hydrogen) atoms. The van der Waals surface area contributed by atoms with Gasteiger partial charge in [-0.3, -0.25) is 9.20 Å². The molecule has 3 heterocycles. The van der Waals surface area contributed by atoms with Crippen LogP contribution in [0.3, 0.4) is 0 Å². The lowest BCUT2D eigenvalue weighted by molar-refractivity contribution is -0.00783. The third kappa shape index (κ3) is 2.76. The Kier molecular flexibility index (Phi) is 3.88. The first-order valence-corrected chi connectivity index (χ1v) is 7.34. The molecule has 1 fully saturated rings. The fourth-order valence-electron chi connectivity index (χ4n) is 2.83. The first-order valence-electron chi connectivity index (χ1n) is 7.34. The maximum atomic E-state index is 12.9. The molecule has 6 nitrogen and oxygen atoms in total. The van der Waals surface area contributed by atoms with Gasteiger partial charge in [0.1, 0.15) is 12.0 Å². The molecule has 1 aliphatic heterocycles. The van der Waals surface area contributed by atoms with Gasteiger partial charge in [-0.05, 0) is 24.5 Å². The van der Waals surface area contributed by atoms with E-state index < -0.39 is 0 Å². The maximum absolute atomic E-state index is 12.9. The van der Waals surface area contributed by atoms with Gasteiger partial charge in [0, 0.05) is 6.54 Å². The lowest BCUT2D eigenvalue weighted by Crippen LogP contribution is -2.49. The van der Waals surface area contributed by atoms with E-state index in [1.165, 1.54) is 0 Å². The Bertz CT molecular complexity index is 637. The van der Waals surface area contributed by atoms with Gasteiger partial charge in [-0.25, -0.2) is 0 Å². The molecule has 2 aromatic rings. The summed E-state index contributed by atoms with van der Waals surface area (Å²) in [6.45, 7) is 6.17. The number of carbonyl (C=O) groups excluding carboxylic acids is 1. The molecule has 1 amide bonds. The lowest BCUT2D eigenvalue weighted by Gasteiger charge is -2.36. The lowest BCUT2D eigenvalue weighted by atomic mass is 10.0. The van der Waals surface area contributed by atoms with Crippen LogP contribution in [0.15, 0.2) is 24.5 Å². The second kappa shape index (κ2) is 5.81. The monoisotopic (exact) mass is 288 g/mol. The highest BCUT2D eigenvalue weighted by Gasteiger charge is 2.29. The SMILES string of the molecule is CC(C)CC1COCCN1C(=O)c1cccc2nncn12. The molecule has 1 atom stereocenters. The van der Waals surface area contributed by atoms with Crippen LogP contribution in [0.5, 0.6) is 0 Å². The smallest absolute Gasteiger partial charge is 0.271 e. The quantitative estimate of drug-likeness (QED) is 0.861. The molecular formula is C15H20N4O2. The molecular weight excluding hydrogens is 268 g/mol. The summed E-state index contributed by atoms with van der Waals surface area (Å²) in [5.74, 6) is 0.548. The van der Waals surface area contributed by atoms with Crippen LogP contribution in [0.4, 0.5) is 0 Å². The molecule has 1 aliphatic rings. The fourth-order valence-corrected chi connectivity index (χ4v) is 2.83. The third-order valence-corrected chi connectivity index (χ3v) is 3.78. The second-order valence-corrected chi connectivity index (χ2v) is 5.83. The molecule has 1 saturated heterocycles. The number of carbonyl (C=O) groups is 1. The number of ether oxygens (including phenoxy) is 1. The molecule has 0 aliphatic carbocycles. The van der Waals surface area contributed by atoms with Crippen molar-refractivity contribution in [1.29, 1.82) is 0 Å². The molecule has 1 unspecified atom stereocenters. The minimum atomic E-state index is 0.0225. The molecule has 112 valence electrons. The number of morpholine rings is 1. The Hall–Kier alpha value is -1.95. The first-order chi connectivity index (χ1) is 10.2. The number of rotatable bonds is 3. The second-order valence-electron chi connectivity index (χ2n) is 5.83. The van der Waals surface area contributed by atoms with Crippen molar-refractivity contribution in [2.24, 2.45) is 5.92 Å². The largest absolute Gasteiger partial charge is 0.377 e. The van der Waals surface area contributed by atoms with Crippen molar-refractivity contribution < 1.29 is 9.53 Å². The van der Waals surface area contributed by atoms with Gasteiger partial charge in [-0.2, -0.15) is 0 Å². The third-order valence-electron chi connectivity index (χ3n) is 3.78. The summed E-state index contributed by atoms with van der Waals surface area (Å²) in [6, 6.07) is 5.64. The van der Waals surface area contributed by atoms with Crippen molar-refractivity contribution >= 4 is 11.6 Å². The van der Waals surface area contributed by atoms with Crippen LogP contribution in [0.1, 0.15) is 30.8 Å². The number of nitrogens with zero attached hydrogens (tertiary/aromatic N) is 4. The number of hydrogen-bond acceptors (Lipinski definition) is 4. The molecule has 0 radical (unpaired) electrons. The molecule has 0 saturated carbocycles. The van der Waals surface area contributed by atoms with E-state index in [-0.39, 0.29) is 11.9 Å². The van der Waals surface area contributed by atoms with Crippen LogP contribution >= 0.6 is 0 Å². The minimum absolute atomic E-state index is 0.0225. The van der Waals surface area contributed by atoms with E-state index in [0.717, 1.165) is 6.42 Å². The molecule has 0 spiro atoms. The zero-order chi connectivity index (χ0) is 14.8. The van der Waals surface area contributed by atoms with E-state index in [9.17, 15) is 4.79 Å². The Balaban J connectivity index is 1.90. The van der Waals surface area contributed by atoms with E-state index in [1.807, 2.05) is 23.1 Å². The van der Waals surface area contributed by atoms with Gasteiger partial charge in [0.05, 0.1) is 19.3 Å². The number of pyridine rings is 1. The van der Waals surface area contributed by atoms with Crippen LogP contribution in [-0.2, 0) is 4.74 Å². The van der Waals surface area contributed by atoms with Crippen LogP contribution in [0.2, 0.25) is 0 Å². The zero-order valence-electron chi connectivity index (χ0n) is 12.4. The van der Waals surface area contributed by atoms with Crippen LogP contribution < -0.4 is 0 Å². The number of fused-ring (bicyclic) bond motifs is 1. The zero-order valence-corrected chi connectivity index (χ0v) is 12.4. The van der Waals surface area contributed by atoms with Crippen molar-refractivity contribution in [2.75, 3.05) is 19.8 Å². The van der Waals surface area contributed by atoms with Gasteiger partial charge >= 0.3 is 0 Å². The maximum Gasteiger partial charge on any atom is 0.271 e. The van der Waals surface area contributed by atoms with Gasteiger partial charge in [0.25, 0.3) is 5.91 Å². The molecule has 0 aromatic carbocycles. The highest BCUT2D eigenvalue weighted by Crippen LogP contribution is 2.19. The van der Waals surface area contributed by atoms with Crippen LogP contribution in [0.25, 0.3) is 5.65 Å². The Labute approximate surface area is 123 Å². The van der Waals surface area contributed by atoms with Crippen molar-refractivity contribution in [3.63, 3.8) is 0 Å². The summed E-state index contributed by atoms with van der Waals surface area (Å²) in [4.78, 5) is 14.8. The van der Waals surface area contributed by atoms with Gasteiger partial charge in [-0.15, -0.1) is 10.2 Å². The molecule has 0 N–H and O–H groups in total. The summed E-state index contributed by atoms with van der Waals surface area (Å²) < 4.78 is 7.29. The predicted octanol–water partition coefficient (Wildman–Crippen LogP) is 1.62. The van der Waals surface area contributed by atoms with Gasteiger partial charge in [0.15, 0.2) is 5.65 Å². The van der Waals surface area contributed by atoms with Crippen LogP contribution in [-0.4, -0.2) is 51.2 Å². The van der Waals surface area contributed by atoms with Gasteiger partial charge in [-0.1, -0.05) is 19.9 Å². The van der Waals surface area contributed by atoms with Crippen molar-refractivity contribution in [1.82, 2.24) is 19.5 Å². The summed E-state index contributed by atoms with van der Waals surface area (Å²) in [5, 5.41) is 7.87. The molecule has 2 aromatic heterocycles. The average molecular weight is 288 g/mol. The van der Waals surface area contributed by atoms with Crippen LogP contribution in [0, 0.1) is 5.92 Å². The Morgan fingerprint density at radius 2 is 2.33 bits per heavy atom. The van der Waals surface area contributed by atoms with E-state index in [2.05, 4.69) is 24.0 Å². The summed E-state index contributed by atoms with van der Waals surface area (Å²) in [5.41, 5.74) is 1.29. The van der Waals surface area contributed by atoms with E-state index in [0.29, 0.717) is 37.0 Å². The Morgan fingerprint density at radius 3 is 3.14 bits per heavy atom. The summed E-state index contributed by atoms with van der Waals surface area (Å²) in [6.07, 6.45) is 2.53. The number of hydrogen-bond donors (Lipinski definition) is 0. The fraction of sp³-hybridized carbons (Fsp3) is 0.533. The van der Waals surface area contributed by atoms with Crippen molar-refractivity contribution in [3.8, 4) is 0 Å². The summed E-state index contributed by atoms with van der Waals surface area (Å²) >= 11 is 0. The topological polar surface area (TPSA) is 59.7 Å². The standard InChI is InChI=1S/C15H20N4O2/c1-11(2)8-12-9-21-7-6-18(12)15(20)13-4-3-5-14-17-16-10-19(13)14/h3-5,10-12H,6-9H2,1-2H3.